The average molecular weight is 721 g/mol. The number of para-hydroxylation sites is 4. The smallest absolute Gasteiger partial charge is 0.228 e. The van der Waals surface area contributed by atoms with Gasteiger partial charge in [-0.3, -0.25) is 0 Å². The fraction of sp³-hybridized carbons (Fsp3) is 0.0769. The summed E-state index contributed by atoms with van der Waals surface area (Å²) in [6.07, 6.45) is 8.57. The number of fused-ring (bicyclic) bond motifs is 5. The average Bonchev–Trinajstić information content (AvgIpc) is 4.03. The molecule has 266 valence electrons. The maximum Gasteiger partial charge on any atom is 0.228 e. The van der Waals surface area contributed by atoms with Crippen molar-refractivity contribution in [2.24, 2.45) is 0 Å². The summed E-state index contributed by atoms with van der Waals surface area (Å²) in [5, 5.41) is 0. The Balaban J connectivity index is 1.37. The lowest BCUT2D eigenvalue weighted by Gasteiger charge is -2.23. The third kappa shape index (κ3) is 4.85. The summed E-state index contributed by atoms with van der Waals surface area (Å²) in [5.74, 6) is 1.22. The second-order valence-electron chi connectivity index (χ2n) is 14.7. The van der Waals surface area contributed by atoms with Gasteiger partial charge in [0, 0.05) is 11.1 Å². The Hall–Kier alpha value is -7.04. The Morgan fingerprint density at radius 3 is 1.43 bits per heavy atom. The highest BCUT2D eigenvalue weighted by molar-refractivity contribution is 6.30. The molecule has 0 N–H and O–H groups in total. The van der Waals surface area contributed by atoms with Gasteiger partial charge in [0.15, 0.2) is 11.2 Å². The van der Waals surface area contributed by atoms with Crippen LogP contribution >= 0.6 is 0 Å². The first-order valence-corrected chi connectivity index (χ1v) is 19.3. The molecule has 0 saturated heterocycles. The van der Waals surface area contributed by atoms with Crippen LogP contribution in [0, 0.1) is 13.8 Å². The molecule has 3 aliphatic rings. The first-order chi connectivity index (χ1) is 27.7. The van der Waals surface area contributed by atoms with Crippen LogP contribution in [0.4, 0.5) is 0 Å². The summed E-state index contributed by atoms with van der Waals surface area (Å²) in [6, 6.07) is 48.6. The van der Waals surface area contributed by atoms with Crippen molar-refractivity contribution in [2.45, 2.75) is 26.7 Å². The molecule has 0 aliphatic heterocycles. The van der Waals surface area contributed by atoms with Crippen molar-refractivity contribution in [3.05, 3.63) is 214 Å². The van der Waals surface area contributed by atoms with Crippen LogP contribution in [-0.2, 0) is 0 Å². The van der Waals surface area contributed by atoms with E-state index in [1.54, 1.807) is 0 Å². The molecule has 4 heteroatoms. The van der Waals surface area contributed by atoms with E-state index in [1.165, 1.54) is 44.5 Å². The Kier molecular flexibility index (Phi) is 7.39. The second kappa shape index (κ2) is 12.8. The van der Waals surface area contributed by atoms with E-state index in [4.69, 9.17) is 18.8 Å². The molecule has 0 bridgehead atoms. The SMILES string of the molecule is Cc1c2c(c(C)c(-c3ccccc3)c1-c1ccccc1)C(c1nc3ccccc3o1)=C1C(c3ccccc3)=C(C3=CC=CCC3)C(c3nc4ccccc4o3)=C12. The van der Waals surface area contributed by atoms with E-state index < -0.39 is 0 Å². The lowest BCUT2D eigenvalue weighted by molar-refractivity contribution is 0.585. The zero-order valence-electron chi connectivity index (χ0n) is 31.1. The summed E-state index contributed by atoms with van der Waals surface area (Å²) in [5.41, 5.74) is 21.5. The fourth-order valence-corrected chi connectivity index (χ4v) is 9.22. The molecule has 56 heavy (non-hydrogen) atoms. The van der Waals surface area contributed by atoms with Crippen molar-refractivity contribution in [1.82, 2.24) is 9.97 Å². The van der Waals surface area contributed by atoms with Gasteiger partial charge in [0.1, 0.15) is 11.0 Å². The molecule has 0 radical (unpaired) electrons. The van der Waals surface area contributed by atoms with Crippen LogP contribution in [0.2, 0.25) is 0 Å². The van der Waals surface area contributed by atoms with E-state index in [0.29, 0.717) is 11.8 Å². The molecule has 0 spiro atoms. The molecule has 3 aliphatic carbocycles. The minimum absolute atomic E-state index is 0.607. The number of rotatable bonds is 6. The third-order valence-corrected chi connectivity index (χ3v) is 11.5. The molecular formula is C52H36N2O2. The Bertz CT molecular complexity index is 2990. The van der Waals surface area contributed by atoms with Gasteiger partial charge in [0.25, 0.3) is 0 Å². The number of hydrogen-bond donors (Lipinski definition) is 0. The van der Waals surface area contributed by atoms with E-state index in [9.17, 15) is 0 Å². The summed E-state index contributed by atoms with van der Waals surface area (Å²) >= 11 is 0. The molecule has 6 aromatic carbocycles. The molecular weight excluding hydrogens is 685 g/mol. The standard InChI is InChI=1S/C52H36N2O2/c1-31-41(33-19-7-3-8-20-33)42(34-21-9-4-10-22-34)32(2)44-43(31)47-48(49(44)51-53-37-27-15-17-29-39(37)55-51)45(35-23-11-5-12-24-35)46(36-25-13-6-14-26-36)50(47)52-54-38-28-16-18-30-40(38)56-52/h3-13,15-25,27-30H,14,26H2,1-2H3. The van der Waals surface area contributed by atoms with Crippen LogP contribution in [0.15, 0.2) is 183 Å². The highest BCUT2D eigenvalue weighted by Crippen LogP contribution is 2.63. The van der Waals surface area contributed by atoms with Gasteiger partial charge >= 0.3 is 0 Å². The van der Waals surface area contributed by atoms with Crippen LogP contribution in [-0.4, -0.2) is 9.97 Å². The molecule has 8 aromatic rings. The maximum atomic E-state index is 6.85. The largest absolute Gasteiger partial charge is 0.436 e. The molecule has 0 unspecified atom stereocenters. The summed E-state index contributed by atoms with van der Waals surface area (Å²) < 4.78 is 13.7. The molecule has 11 rings (SSSR count). The van der Waals surface area contributed by atoms with Crippen molar-refractivity contribution in [1.29, 1.82) is 0 Å². The maximum absolute atomic E-state index is 6.85. The van der Waals surface area contributed by atoms with Gasteiger partial charge in [-0.25, -0.2) is 9.97 Å². The zero-order valence-corrected chi connectivity index (χ0v) is 31.1. The Labute approximate surface area is 325 Å². The van der Waals surface area contributed by atoms with Crippen LogP contribution in [0.5, 0.6) is 0 Å². The van der Waals surface area contributed by atoms with Crippen LogP contribution in [0.1, 0.15) is 52.4 Å². The predicted octanol–water partition coefficient (Wildman–Crippen LogP) is 13.4. The first kappa shape index (κ1) is 32.4. The zero-order chi connectivity index (χ0) is 37.3. The van der Waals surface area contributed by atoms with Gasteiger partial charge in [-0.05, 0) is 118 Å². The summed E-state index contributed by atoms with van der Waals surface area (Å²) in [7, 11) is 0. The minimum Gasteiger partial charge on any atom is -0.436 e. The van der Waals surface area contributed by atoms with Gasteiger partial charge in [0.05, 0.1) is 11.1 Å². The number of benzene rings is 6. The lowest BCUT2D eigenvalue weighted by atomic mass is 9.80. The third-order valence-electron chi connectivity index (χ3n) is 11.5. The van der Waals surface area contributed by atoms with Crippen molar-refractivity contribution in [3.8, 4) is 22.3 Å². The highest BCUT2D eigenvalue weighted by Gasteiger charge is 2.45. The Morgan fingerprint density at radius 2 is 0.911 bits per heavy atom. The number of oxazole rings is 2. The molecule has 2 aromatic heterocycles. The van der Waals surface area contributed by atoms with Gasteiger partial charge in [-0.1, -0.05) is 133 Å². The number of hydrogen-bond acceptors (Lipinski definition) is 4. The topological polar surface area (TPSA) is 52.1 Å². The molecule has 4 nitrogen and oxygen atoms in total. The van der Waals surface area contributed by atoms with Crippen molar-refractivity contribution < 1.29 is 8.83 Å². The van der Waals surface area contributed by atoms with Crippen LogP contribution in [0.3, 0.4) is 0 Å². The lowest BCUT2D eigenvalue weighted by Crippen LogP contribution is -2.04. The highest BCUT2D eigenvalue weighted by atomic mass is 16.4. The molecule has 2 heterocycles. The monoisotopic (exact) mass is 720 g/mol. The van der Waals surface area contributed by atoms with E-state index in [0.717, 1.165) is 79.6 Å². The molecule has 0 saturated carbocycles. The van der Waals surface area contributed by atoms with Crippen LogP contribution < -0.4 is 0 Å². The molecule has 0 atom stereocenters. The second-order valence-corrected chi connectivity index (χ2v) is 14.7. The predicted molar refractivity (Wildman–Crippen MR) is 227 cm³/mol. The van der Waals surface area contributed by atoms with Crippen molar-refractivity contribution in [3.63, 3.8) is 0 Å². The van der Waals surface area contributed by atoms with Gasteiger partial charge in [-0.2, -0.15) is 0 Å². The first-order valence-electron chi connectivity index (χ1n) is 19.3. The number of allylic oxidation sites excluding steroid dienone is 9. The summed E-state index contributed by atoms with van der Waals surface area (Å²) in [6.45, 7) is 4.57. The van der Waals surface area contributed by atoms with E-state index in [-0.39, 0.29) is 0 Å². The minimum atomic E-state index is 0.607. The molecule has 0 amide bonds. The number of nitrogens with zero attached hydrogens (tertiary/aromatic N) is 2. The van der Waals surface area contributed by atoms with Gasteiger partial charge in [-0.15, -0.1) is 0 Å². The fourth-order valence-electron chi connectivity index (χ4n) is 9.22. The molecule has 0 fully saturated rings. The van der Waals surface area contributed by atoms with E-state index in [2.05, 4.69) is 123 Å². The number of aromatic nitrogens is 2. The normalized spacial score (nSPS) is 15.0. The van der Waals surface area contributed by atoms with Gasteiger partial charge in [0.2, 0.25) is 11.8 Å². The van der Waals surface area contributed by atoms with E-state index in [1.807, 2.05) is 48.5 Å². The summed E-state index contributed by atoms with van der Waals surface area (Å²) in [4.78, 5) is 10.5. The Morgan fingerprint density at radius 1 is 0.429 bits per heavy atom. The van der Waals surface area contributed by atoms with Gasteiger partial charge < -0.3 is 8.83 Å². The van der Waals surface area contributed by atoms with Crippen LogP contribution in [0.25, 0.3) is 66.7 Å². The van der Waals surface area contributed by atoms with Crippen molar-refractivity contribution in [2.75, 3.05) is 0 Å². The van der Waals surface area contributed by atoms with E-state index >= 15 is 0 Å². The van der Waals surface area contributed by atoms with Crippen molar-refractivity contribution >= 4 is 44.5 Å². The quantitative estimate of drug-likeness (QED) is 0.172.